The molecule has 0 aliphatic heterocycles. The van der Waals surface area contributed by atoms with Crippen molar-refractivity contribution in [3.8, 4) is 5.82 Å². The van der Waals surface area contributed by atoms with Gasteiger partial charge in [-0.1, -0.05) is 6.92 Å². The lowest BCUT2D eigenvalue weighted by atomic mass is 10.2. The highest BCUT2D eigenvalue weighted by Crippen LogP contribution is 2.12. The van der Waals surface area contributed by atoms with Crippen molar-refractivity contribution in [1.82, 2.24) is 20.1 Å². The van der Waals surface area contributed by atoms with Gasteiger partial charge in [0.2, 0.25) is 0 Å². The number of carbonyl (C=O) groups is 1. The number of hydrogen-bond donors (Lipinski definition) is 2. The lowest BCUT2D eigenvalue weighted by Gasteiger charge is -2.07. The maximum atomic E-state index is 11.0. The van der Waals surface area contributed by atoms with E-state index in [0.717, 1.165) is 24.2 Å². The number of primary amides is 1. The summed E-state index contributed by atoms with van der Waals surface area (Å²) >= 11 is 0. The van der Waals surface area contributed by atoms with E-state index < -0.39 is 5.91 Å². The summed E-state index contributed by atoms with van der Waals surface area (Å²) in [5.74, 6) is 0.209. The molecule has 19 heavy (non-hydrogen) atoms. The lowest BCUT2D eigenvalue weighted by molar-refractivity contribution is 0.100. The number of amides is 1. The number of hydrogen-bond acceptors (Lipinski definition) is 4. The van der Waals surface area contributed by atoms with Gasteiger partial charge in [-0.2, -0.15) is 5.10 Å². The molecule has 0 saturated carbocycles. The molecule has 0 aliphatic carbocycles. The van der Waals surface area contributed by atoms with Gasteiger partial charge in [-0.3, -0.25) is 4.79 Å². The number of aryl methyl sites for hydroxylation is 1. The van der Waals surface area contributed by atoms with Gasteiger partial charge in [0.05, 0.1) is 11.8 Å². The summed E-state index contributed by atoms with van der Waals surface area (Å²) in [5.41, 5.74) is 7.69. The molecule has 6 nitrogen and oxygen atoms in total. The zero-order valence-electron chi connectivity index (χ0n) is 11.1. The number of carbonyl (C=O) groups excluding carboxylic acids is 1. The van der Waals surface area contributed by atoms with Crippen LogP contribution in [-0.4, -0.2) is 27.2 Å². The van der Waals surface area contributed by atoms with Crippen LogP contribution in [-0.2, 0) is 6.54 Å². The smallest absolute Gasteiger partial charge is 0.251 e. The molecule has 2 rings (SSSR count). The molecule has 0 aromatic carbocycles. The zero-order chi connectivity index (χ0) is 13.8. The van der Waals surface area contributed by atoms with Crippen LogP contribution in [0.15, 0.2) is 24.7 Å². The summed E-state index contributed by atoms with van der Waals surface area (Å²) in [6.45, 7) is 5.73. The van der Waals surface area contributed by atoms with Crippen LogP contribution in [0.4, 0.5) is 0 Å². The second kappa shape index (κ2) is 5.62. The minimum atomic E-state index is -0.493. The number of nitrogens with zero attached hydrogens (tertiary/aromatic N) is 3. The highest BCUT2D eigenvalue weighted by molar-refractivity contribution is 5.92. The average molecular weight is 259 g/mol. The van der Waals surface area contributed by atoms with Crippen LogP contribution >= 0.6 is 0 Å². The van der Waals surface area contributed by atoms with Crippen LogP contribution in [0.2, 0.25) is 0 Å². The van der Waals surface area contributed by atoms with E-state index in [-0.39, 0.29) is 0 Å². The van der Waals surface area contributed by atoms with Gasteiger partial charge in [-0.15, -0.1) is 0 Å². The monoisotopic (exact) mass is 259 g/mol. The SMILES string of the molecule is CCNCc1cnc(-n2cc(C(N)=O)cn2)c(C)c1. The number of pyridine rings is 1. The van der Waals surface area contributed by atoms with Crippen LogP contribution in [0.25, 0.3) is 5.82 Å². The van der Waals surface area contributed by atoms with Crippen molar-refractivity contribution in [2.24, 2.45) is 5.73 Å². The topological polar surface area (TPSA) is 85.8 Å². The van der Waals surface area contributed by atoms with Gasteiger partial charge >= 0.3 is 0 Å². The Bertz CT molecular complexity index is 590. The second-order valence-electron chi connectivity index (χ2n) is 4.30. The van der Waals surface area contributed by atoms with Gasteiger partial charge in [0.1, 0.15) is 0 Å². The number of nitrogens with one attached hydrogen (secondary N) is 1. The minimum Gasteiger partial charge on any atom is -0.366 e. The van der Waals surface area contributed by atoms with Gasteiger partial charge in [-0.25, -0.2) is 9.67 Å². The molecule has 0 bridgehead atoms. The Hall–Kier alpha value is -2.21. The van der Waals surface area contributed by atoms with Gasteiger partial charge in [0.15, 0.2) is 5.82 Å². The van der Waals surface area contributed by atoms with E-state index in [0.29, 0.717) is 11.4 Å². The van der Waals surface area contributed by atoms with Crippen LogP contribution in [0.1, 0.15) is 28.4 Å². The van der Waals surface area contributed by atoms with E-state index in [1.165, 1.54) is 6.20 Å². The highest BCUT2D eigenvalue weighted by atomic mass is 16.1. The Morgan fingerprint density at radius 1 is 1.47 bits per heavy atom. The molecule has 0 fully saturated rings. The molecule has 3 N–H and O–H groups in total. The fraction of sp³-hybridized carbons (Fsp3) is 0.308. The summed E-state index contributed by atoms with van der Waals surface area (Å²) in [6.07, 6.45) is 4.83. The molecule has 0 saturated heterocycles. The molecular formula is C13H17N5O. The molecule has 2 aromatic heterocycles. The van der Waals surface area contributed by atoms with E-state index >= 15 is 0 Å². The molecular weight excluding hydrogens is 242 g/mol. The zero-order valence-corrected chi connectivity index (χ0v) is 11.1. The first-order valence-electron chi connectivity index (χ1n) is 6.13. The van der Waals surface area contributed by atoms with Crippen LogP contribution in [0, 0.1) is 6.92 Å². The summed E-state index contributed by atoms with van der Waals surface area (Å²) < 4.78 is 1.56. The molecule has 6 heteroatoms. The molecule has 0 aliphatic rings. The Balaban J connectivity index is 2.26. The summed E-state index contributed by atoms with van der Waals surface area (Å²) in [6, 6.07) is 2.05. The molecule has 0 unspecified atom stereocenters. The maximum absolute atomic E-state index is 11.0. The number of aromatic nitrogens is 3. The highest BCUT2D eigenvalue weighted by Gasteiger charge is 2.08. The first kappa shape index (κ1) is 13.2. The van der Waals surface area contributed by atoms with Gasteiger partial charge in [-0.05, 0) is 30.7 Å². The standard InChI is InChI=1S/C13H17N5O/c1-3-15-5-10-4-9(2)13(16-6-10)18-8-11(7-17-18)12(14)19/h4,6-8,15H,3,5H2,1-2H3,(H2,14,19). The molecule has 0 atom stereocenters. The Labute approximate surface area is 111 Å². The fourth-order valence-corrected chi connectivity index (χ4v) is 1.80. The van der Waals surface area contributed by atoms with E-state index in [9.17, 15) is 4.79 Å². The fourth-order valence-electron chi connectivity index (χ4n) is 1.80. The normalized spacial score (nSPS) is 10.6. The third kappa shape index (κ3) is 2.97. The second-order valence-corrected chi connectivity index (χ2v) is 4.30. The van der Waals surface area contributed by atoms with Gasteiger partial charge in [0.25, 0.3) is 5.91 Å². The van der Waals surface area contributed by atoms with E-state index in [1.807, 2.05) is 6.92 Å². The van der Waals surface area contributed by atoms with Gasteiger partial charge < -0.3 is 11.1 Å². The Kier molecular flexibility index (Phi) is 3.91. The summed E-state index contributed by atoms with van der Waals surface area (Å²) in [5, 5.41) is 7.34. The molecule has 2 heterocycles. The van der Waals surface area contributed by atoms with Crippen LogP contribution in [0.5, 0.6) is 0 Å². The molecule has 1 amide bonds. The van der Waals surface area contributed by atoms with Crippen LogP contribution in [0.3, 0.4) is 0 Å². The Morgan fingerprint density at radius 3 is 2.84 bits per heavy atom. The number of rotatable bonds is 5. The molecule has 100 valence electrons. The average Bonchev–Trinajstić information content (AvgIpc) is 2.86. The van der Waals surface area contributed by atoms with Crippen molar-refractivity contribution < 1.29 is 4.79 Å². The van der Waals surface area contributed by atoms with Crippen molar-refractivity contribution >= 4 is 5.91 Å². The number of nitrogens with two attached hydrogens (primary N) is 1. The third-order valence-electron chi connectivity index (χ3n) is 2.77. The van der Waals surface area contributed by atoms with Crippen molar-refractivity contribution in [3.63, 3.8) is 0 Å². The first-order chi connectivity index (χ1) is 9.11. The van der Waals surface area contributed by atoms with Crippen molar-refractivity contribution in [2.45, 2.75) is 20.4 Å². The summed E-state index contributed by atoms with van der Waals surface area (Å²) in [7, 11) is 0. The van der Waals surface area contributed by atoms with Gasteiger partial charge in [0, 0.05) is 18.9 Å². The lowest BCUT2D eigenvalue weighted by Crippen LogP contribution is -2.13. The molecule has 0 radical (unpaired) electrons. The quantitative estimate of drug-likeness (QED) is 0.831. The predicted octanol–water partition coefficient (Wildman–Crippen LogP) is 0.784. The third-order valence-corrected chi connectivity index (χ3v) is 2.77. The van der Waals surface area contributed by atoms with Crippen molar-refractivity contribution in [1.29, 1.82) is 0 Å². The minimum absolute atomic E-state index is 0.373. The van der Waals surface area contributed by atoms with E-state index in [1.54, 1.807) is 17.1 Å². The summed E-state index contributed by atoms with van der Waals surface area (Å²) in [4.78, 5) is 15.4. The van der Waals surface area contributed by atoms with E-state index in [2.05, 4.69) is 28.4 Å². The van der Waals surface area contributed by atoms with Crippen molar-refractivity contribution in [3.05, 3.63) is 41.3 Å². The first-order valence-corrected chi connectivity index (χ1v) is 6.13. The maximum Gasteiger partial charge on any atom is 0.251 e. The predicted molar refractivity (Wildman–Crippen MR) is 72.0 cm³/mol. The molecule has 0 spiro atoms. The largest absolute Gasteiger partial charge is 0.366 e. The Morgan fingerprint density at radius 2 is 2.26 bits per heavy atom. The van der Waals surface area contributed by atoms with Crippen LogP contribution < -0.4 is 11.1 Å². The van der Waals surface area contributed by atoms with Crippen molar-refractivity contribution in [2.75, 3.05) is 6.54 Å². The van der Waals surface area contributed by atoms with E-state index in [4.69, 9.17) is 5.73 Å². The molecule has 2 aromatic rings.